The van der Waals surface area contributed by atoms with Crippen LogP contribution in [0, 0.1) is 5.92 Å². The largest absolute Gasteiger partial charge is 0.434 e. The van der Waals surface area contributed by atoms with Crippen LogP contribution in [0.1, 0.15) is 30.8 Å². The molecule has 1 saturated heterocycles. The number of nitrogens with zero attached hydrogens (tertiary/aromatic N) is 3. The van der Waals surface area contributed by atoms with Crippen molar-refractivity contribution in [3.05, 3.63) is 17.7 Å². The maximum Gasteiger partial charge on any atom is 0.434 e. The SMILES string of the molecule is CN(C[C@H]1CCc2nc(C(F)(F)F)cn2C1)C(=O)NC[C@@H]1CCCO1. The van der Waals surface area contributed by atoms with E-state index in [1.807, 2.05) is 0 Å². The number of fused-ring (bicyclic) bond motifs is 1. The van der Waals surface area contributed by atoms with Gasteiger partial charge in [-0.1, -0.05) is 0 Å². The van der Waals surface area contributed by atoms with Crippen molar-refractivity contribution in [1.29, 1.82) is 0 Å². The molecule has 1 fully saturated rings. The Morgan fingerprint density at radius 2 is 2.28 bits per heavy atom. The van der Waals surface area contributed by atoms with Gasteiger partial charge in [0.05, 0.1) is 6.10 Å². The fourth-order valence-corrected chi connectivity index (χ4v) is 3.41. The van der Waals surface area contributed by atoms with Crippen LogP contribution < -0.4 is 5.32 Å². The highest BCUT2D eigenvalue weighted by Crippen LogP contribution is 2.30. The molecule has 2 aliphatic rings. The number of hydrogen-bond donors (Lipinski definition) is 1. The standard InChI is InChI=1S/C16H23F3N4O2/c1-22(15(24)20-7-12-3-2-6-25-12)8-11-4-5-14-21-13(16(17,18)19)10-23(14)9-11/h10-12H,2-9H2,1H3,(H,20,24)/t11-,12+/m1/s1. The second-order valence-corrected chi connectivity index (χ2v) is 6.80. The third-order valence-electron chi connectivity index (χ3n) is 4.76. The first kappa shape index (κ1) is 18.0. The minimum Gasteiger partial charge on any atom is -0.376 e. The Morgan fingerprint density at radius 1 is 1.48 bits per heavy atom. The molecule has 0 spiro atoms. The molecule has 0 aliphatic carbocycles. The number of amides is 2. The number of nitrogens with one attached hydrogen (secondary N) is 1. The number of carbonyl (C=O) groups is 1. The topological polar surface area (TPSA) is 59.4 Å². The van der Waals surface area contributed by atoms with Crippen molar-refractivity contribution < 1.29 is 22.7 Å². The van der Waals surface area contributed by atoms with Crippen molar-refractivity contribution in [3.8, 4) is 0 Å². The Morgan fingerprint density at radius 3 is 2.96 bits per heavy atom. The van der Waals surface area contributed by atoms with Crippen molar-refractivity contribution in [2.45, 2.75) is 44.5 Å². The van der Waals surface area contributed by atoms with E-state index >= 15 is 0 Å². The molecule has 0 aromatic carbocycles. The van der Waals surface area contributed by atoms with E-state index in [1.54, 1.807) is 16.5 Å². The lowest BCUT2D eigenvalue weighted by Gasteiger charge is -2.28. The van der Waals surface area contributed by atoms with Crippen molar-refractivity contribution in [3.63, 3.8) is 0 Å². The van der Waals surface area contributed by atoms with Gasteiger partial charge in [0, 0.05) is 45.9 Å². The van der Waals surface area contributed by atoms with Gasteiger partial charge >= 0.3 is 12.2 Å². The third-order valence-corrected chi connectivity index (χ3v) is 4.76. The highest BCUT2D eigenvalue weighted by molar-refractivity contribution is 5.73. The van der Waals surface area contributed by atoms with Gasteiger partial charge < -0.3 is 19.5 Å². The number of halogens is 3. The second kappa shape index (κ2) is 7.23. The number of hydrogen-bond acceptors (Lipinski definition) is 3. The summed E-state index contributed by atoms with van der Waals surface area (Å²) in [6.45, 7) is 2.18. The zero-order chi connectivity index (χ0) is 18.0. The minimum atomic E-state index is -4.42. The first-order chi connectivity index (χ1) is 11.8. The predicted octanol–water partition coefficient (Wildman–Crippen LogP) is 2.28. The van der Waals surface area contributed by atoms with E-state index in [0.29, 0.717) is 31.9 Å². The van der Waals surface area contributed by atoms with Crippen LogP contribution in [-0.2, 0) is 23.9 Å². The third kappa shape index (κ3) is 4.45. The minimum absolute atomic E-state index is 0.0846. The summed E-state index contributed by atoms with van der Waals surface area (Å²) in [4.78, 5) is 17.4. The first-order valence-electron chi connectivity index (χ1n) is 8.56. The Kier molecular flexibility index (Phi) is 5.21. The molecule has 3 rings (SSSR count). The fourth-order valence-electron chi connectivity index (χ4n) is 3.41. The maximum absolute atomic E-state index is 12.8. The molecule has 25 heavy (non-hydrogen) atoms. The summed E-state index contributed by atoms with van der Waals surface area (Å²) in [6, 6.07) is -0.178. The molecular weight excluding hydrogens is 337 g/mol. The highest BCUT2D eigenvalue weighted by Gasteiger charge is 2.36. The summed E-state index contributed by atoms with van der Waals surface area (Å²) in [6.07, 6.45) is -0.0774. The van der Waals surface area contributed by atoms with E-state index in [4.69, 9.17) is 4.74 Å². The molecule has 1 N–H and O–H groups in total. The maximum atomic E-state index is 12.8. The lowest BCUT2D eigenvalue weighted by Crippen LogP contribution is -2.43. The van der Waals surface area contributed by atoms with Gasteiger partial charge in [0.2, 0.25) is 0 Å². The van der Waals surface area contributed by atoms with Gasteiger partial charge in [-0.3, -0.25) is 0 Å². The normalized spacial score (nSPS) is 23.4. The number of carbonyl (C=O) groups excluding carboxylic acids is 1. The Hall–Kier alpha value is -1.77. The molecule has 6 nitrogen and oxygen atoms in total. The molecule has 1 aromatic rings. The zero-order valence-corrected chi connectivity index (χ0v) is 14.2. The Labute approximate surface area is 144 Å². The average molecular weight is 360 g/mol. The Balaban J connectivity index is 1.50. The van der Waals surface area contributed by atoms with Crippen molar-refractivity contribution in [2.75, 3.05) is 26.7 Å². The van der Waals surface area contributed by atoms with Crippen LogP contribution >= 0.6 is 0 Å². The van der Waals surface area contributed by atoms with Gasteiger partial charge in [-0.2, -0.15) is 13.2 Å². The van der Waals surface area contributed by atoms with Gasteiger partial charge in [-0.05, 0) is 25.2 Å². The summed E-state index contributed by atoms with van der Waals surface area (Å²) < 4.78 is 45.3. The van der Waals surface area contributed by atoms with Crippen LogP contribution in [0.15, 0.2) is 6.20 Å². The summed E-state index contributed by atoms with van der Waals surface area (Å²) in [5, 5.41) is 2.85. The zero-order valence-electron chi connectivity index (χ0n) is 14.2. The molecule has 9 heteroatoms. The van der Waals surface area contributed by atoms with Crippen molar-refractivity contribution in [1.82, 2.24) is 19.8 Å². The molecule has 2 atom stereocenters. The molecule has 0 bridgehead atoms. The molecule has 0 radical (unpaired) electrons. The summed E-state index contributed by atoms with van der Waals surface area (Å²) in [5.74, 6) is 0.579. The van der Waals surface area contributed by atoms with Gasteiger partial charge in [-0.25, -0.2) is 9.78 Å². The van der Waals surface area contributed by atoms with Gasteiger partial charge in [0.1, 0.15) is 5.82 Å². The van der Waals surface area contributed by atoms with Crippen LogP contribution in [0.3, 0.4) is 0 Å². The number of urea groups is 1. The van der Waals surface area contributed by atoms with E-state index in [9.17, 15) is 18.0 Å². The number of aromatic nitrogens is 2. The number of ether oxygens (including phenoxy) is 1. The van der Waals surface area contributed by atoms with Crippen LogP contribution in [0.25, 0.3) is 0 Å². The molecule has 2 aliphatic heterocycles. The summed E-state index contributed by atoms with van der Waals surface area (Å²) >= 11 is 0. The molecule has 0 unspecified atom stereocenters. The predicted molar refractivity (Wildman–Crippen MR) is 84.0 cm³/mol. The van der Waals surface area contributed by atoms with E-state index in [0.717, 1.165) is 32.1 Å². The van der Waals surface area contributed by atoms with Crippen molar-refractivity contribution >= 4 is 6.03 Å². The van der Waals surface area contributed by atoms with E-state index < -0.39 is 11.9 Å². The smallest absolute Gasteiger partial charge is 0.376 e. The number of aryl methyl sites for hydroxylation is 1. The molecule has 1 aromatic heterocycles. The summed E-state index contributed by atoms with van der Waals surface area (Å²) in [5.41, 5.74) is -0.842. The molecular formula is C16H23F3N4O2. The fraction of sp³-hybridized carbons (Fsp3) is 0.750. The highest BCUT2D eigenvalue weighted by atomic mass is 19.4. The van der Waals surface area contributed by atoms with Crippen molar-refractivity contribution in [2.24, 2.45) is 5.92 Å². The molecule has 3 heterocycles. The number of rotatable bonds is 4. The van der Waals surface area contributed by atoms with Crippen LogP contribution in [0.4, 0.5) is 18.0 Å². The number of alkyl halides is 3. The van der Waals surface area contributed by atoms with E-state index in [2.05, 4.69) is 10.3 Å². The molecule has 2 amide bonds. The van der Waals surface area contributed by atoms with E-state index in [1.165, 1.54) is 0 Å². The first-order valence-corrected chi connectivity index (χ1v) is 8.56. The van der Waals surface area contributed by atoms with Gasteiger partial charge in [0.25, 0.3) is 0 Å². The van der Waals surface area contributed by atoms with Crippen LogP contribution in [0.5, 0.6) is 0 Å². The van der Waals surface area contributed by atoms with Gasteiger partial charge in [0.15, 0.2) is 5.69 Å². The molecule has 0 saturated carbocycles. The number of imidazole rings is 1. The summed E-state index contributed by atoms with van der Waals surface area (Å²) in [7, 11) is 1.70. The second-order valence-electron chi connectivity index (χ2n) is 6.80. The van der Waals surface area contributed by atoms with E-state index in [-0.39, 0.29) is 18.1 Å². The van der Waals surface area contributed by atoms with Gasteiger partial charge in [-0.15, -0.1) is 0 Å². The molecule has 140 valence electrons. The van der Waals surface area contributed by atoms with Crippen LogP contribution in [-0.4, -0.2) is 53.3 Å². The van der Waals surface area contributed by atoms with Crippen LogP contribution in [0.2, 0.25) is 0 Å². The Bertz CT molecular complexity index is 611. The lowest BCUT2D eigenvalue weighted by atomic mass is 9.99. The quantitative estimate of drug-likeness (QED) is 0.896. The monoisotopic (exact) mass is 360 g/mol. The lowest BCUT2D eigenvalue weighted by molar-refractivity contribution is -0.141. The average Bonchev–Trinajstić information content (AvgIpc) is 3.20.